The standard InChI is InChI=1S/C12H21F2NO/c1-7-5-8(11(13)14)6-15-9(7)10(16)12(2,3)4/h7-9,11,15H,5-6H2,1-4H3. The van der Waals surface area contributed by atoms with Crippen LogP contribution in [-0.2, 0) is 4.79 Å². The van der Waals surface area contributed by atoms with Crippen molar-refractivity contribution < 1.29 is 13.6 Å². The van der Waals surface area contributed by atoms with Crippen molar-refractivity contribution in [3.05, 3.63) is 0 Å². The monoisotopic (exact) mass is 233 g/mol. The second kappa shape index (κ2) is 4.78. The lowest BCUT2D eigenvalue weighted by Gasteiger charge is -2.36. The summed E-state index contributed by atoms with van der Waals surface area (Å²) in [4.78, 5) is 12.1. The molecule has 16 heavy (non-hydrogen) atoms. The fourth-order valence-corrected chi connectivity index (χ4v) is 2.19. The van der Waals surface area contributed by atoms with Gasteiger partial charge >= 0.3 is 0 Å². The lowest BCUT2D eigenvalue weighted by molar-refractivity contribution is -0.131. The van der Waals surface area contributed by atoms with Crippen molar-refractivity contribution in [2.24, 2.45) is 17.3 Å². The molecule has 0 bridgehead atoms. The molecule has 1 saturated heterocycles. The molecule has 0 aromatic rings. The smallest absolute Gasteiger partial charge is 0.242 e. The summed E-state index contributed by atoms with van der Waals surface area (Å²) in [7, 11) is 0. The number of Topliss-reactive ketones (excluding diaryl/α,β-unsaturated/α-hetero) is 1. The molecule has 4 heteroatoms. The Morgan fingerprint density at radius 2 is 1.94 bits per heavy atom. The molecule has 2 nitrogen and oxygen atoms in total. The molecule has 1 aliphatic rings. The van der Waals surface area contributed by atoms with Crippen molar-refractivity contribution in [2.75, 3.05) is 6.54 Å². The van der Waals surface area contributed by atoms with Gasteiger partial charge in [-0.3, -0.25) is 4.79 Å². The summed E-state index contributed by atoms with van der Waals surface area (Å²) in [5.74, 6) is -0.508. The Morgan fingerprint density at radius 3 is 2.31 bits per heavy atom. The van der Waals surface area contributed by atoms with Gasteiger partial charge in [-0.25, -0.2) is 8.78 Å². The van der Waals surface area contributed by atoms with Crippen LogP contribution in [0, 0.1) is 17.3 Å². The van der Waals surface area contributed by atoms with Crippen molar-refractivity contribution in [1.82, 2.24) is 5.32 Å². The molecule has 1 heterocycles. The number of piperidine rings is 1. The topological polar surface area (TPSA) is 29.1 Å². The number of alkyl halides is 2. The van der Waals surface area contributed by atoms with Gasteiger partial charge in [0.05, 0.1) is 6.04 Å². The summed E-state index contributed by atoms with van der Waals surface area (Å²) >= 11 is 0. The van der Waals surface area contributed by atoms with Crippen molar-refractivity contribution in [3.63, 3.8) is 0 Å². The van der Waals surface area contributed by atoms with Crippen molar-refractivity contribution in [1.29, 1.82) is 0 Å². The molecule has 1 N–H and O–H groups in total. The zero-order valence-corrected chi connectivity index (χ0v) is 10.4. The van der Waals surface area contributed by atoms with Gasteiger partial charge in [-0.2, -0.15) is 0 Å². The molecule has 0 saturated carbocycles. The summed E-state index contributed by atoms with van der Waals surface area (Å²) in [6.45, 7) is 7.71. The van der Waals surface area contributed by atoms with Crippen LogP contribution in [0.5, 0.6) is 0 Å². The third-order valence-corrected chi connectivity index (χ3v) is 3.22. The number of nitrogens with one attached hydrogen (secondary N) is 1. The molecule has 0 aliphatic carbocycles. The number of carbonyl (C=O) groups is 1. The second-order valence-electron chi connectivity index (χ2n) is 5.81. The van der Waals surface area contributed by atoms with E-state index in [1.807, 2.05) is 27.7 Å². The van der Waals surface area contributed by atoms with Crippen LogP contribution < -0.4 is 5.32 Å². The second-order valence-corrected chi connectivity index (χ2v) is 5.81. The van der Waals surface area contributed by atoms with E-state index in [4.69, 9.17) is 0 Å². The van der Waals surface area contributed by atoms with Gasteiger partial charge in [-0.05, 0) is 12.3 Å². The highest BCUT2D eigenvalue weighted by Gasteiger charge is 2.38. The van der Waals surface area contributed by atoms with E-state index < -0.39 is 17.8 Å². The fraction of sp³-hybridized carbons (Fsp3) is 0.917. The van der Waals surface area contributed by atoms with Gasteiger partial charge in [0.2, 0.25) is 6.43 Å². The molecule has 0 radical (unpaired) electrons. The summed E-state index contributed by atoms with van der Waals surface area (Å²) in [6, 6.07) is -0.269. The van der Waals surface area contributed by atoms with Crippen LogP contribution in [0.1, 0.15) is 34.1 Å². The first-order chi connectivity index (χ1) is 7.23. The SMILES string of the molecule is CC1CC(C(F)F)CNC1C(=O)C(C)(C)C. The Bertz CT molecular complexity index is 260. The quantitative estimate of drug-likeness (QED) is 0.794. The van der Waals surface area contributed by atoms with E-state index in [-0.39, 0.29) is 24.3 Å². The molecule has 0 aromatic heterocycles. The number of rotatable bonds is 2. The Hall–Kier alpha value is -0.510. The average molecular weight is 233 g/mol. The molecule has 3 unspecified atom stereocenters. The highest BCUT2D eigenvalue weighted by atomic mass is 19.3. The maximum absolute atomic E-state index is 12.5. The minimum atomic E-state index is -2.29. The largest absolute Gasteiger partial charge is 0.307 e. The Kier molecular flexibility index (Phi) is 4.05. The summed E-state index contributed by atoms with van der Waals surface area (Å²) < 4.78 is 25.1. The summed E-state index contributed by atoms with van der Waals surface area (Å²) in [5.41, 5.74) is -0.413. The van der Waals surface area contributed by atoms with Gasteiger partial charge in [0.25, 0.3) is 0 Å². The van der Waals surface area contributed by atoms with E-state index in [9.17, 15) is 13.6 Å². The third kappa shape index (κ3) is 3.00. The molecule has 3 atom stereocenters. The Balaban J connectivity index is 2.64. The van der Waals surface area contributed by atoms with Crippen LogP contribution in [0.25, 0.3) is 0 Å². The number of hydrogen-bond acceptors (Lipinski definition) is 2. The van der Waals surface area contributed by atoms with E-state index in [1.54, 1.807) is 0 Å². The lowest BCUT2D eigenvalue weighted by atomic mass is 9.77. The summed E-state index contributed by atoms with van der Waals surface area (Å²) in [6.07, 6.45) is -1.86. The first-order valence-electron chi connectivity index (χ1n) is 5.79. The highest BCUT2D eigenvalue weighted by molar-refractivity contribution is 5.89. The molecule has 0 amide bonds. The van der Waals surface area contributed by atoms with Crippen LogP contribution in [0.15, 0.2) is 0 Å². The third-order valence-electron chi connectivity index (χ3n) is 3.22. The van der Waals surface area contributed by atoms with E-state index in [2.05, 4.69) is 5.32 Å². The first kappa shape index (κ1) is 13.6. The van der Waals surface area contributed by atoms with Crippen molar-refractivity contribution >= 4 is 5.78 Å². The minimum absolute atomic E-state index is 0.0144. The van der Waals surface area contributed by atoms with Crippen molar-refractivity contribution in [2.45, 2.75) is 46.6 Å². The normalized spacial score (nSPS) is 31.8. The number of hydrogen-bond donors (Lipinski definition) is 1. The Morgan fingerprint density at radius 1 is 1.38 bits per heavy atom. The van der Waals surface area contributed by atoms with E-state index in [0.717, 1.165) is 0 Å². The van der Waals surface area contributed by atoms with Crippen LogP contribution >= 0.6 is 0 Å². The van der Waals surface area contributed by atoms with Gasteiger partial charge < -0.3 is 5.32 Å². The van der Waals surface area contributed by atoms with Crippen molar-refractivity contribution in [3.8, 4) is 0 Å². The number of ketones is 1. The van der Waals surface area contributed by atoms with Gasteiger partial charge in [0, 0.05) is 17.9 Å². The van der Waals surface area contributed by atoms with Gasteiger partial charge in [0.15, 0.2) is 5.78 Å². The zero-order valence-electron chi connectivity index (χ0n) is 10.4. The highest BCUT2D eigenvalue weighted by Crippen LogP contribution is 2.29. The molecular formula is C12H21F2NO. The minimum Gasteiger partial charge on any atom is -0.307 e. The molecular weight excluding hydrogens is 212 g/mol. The zero-order chi connectivity index (χ0) is 12.5. The summed E-state index contributed by atoms with van der Waals surface area (Å²) in [5, 5.41) is 2.98. The van der Waals surface area contributed by atoms with E-state index in [1.165, 1.54) is 0 Å². The average Bonchev–Trinajstić information content (AvgIpc) is 2.15. The van der Waals surface area contributed by atoms with Crippen LogP contribution in [0.3, 0.4) is 0 Å². The molecule has 1 fully saturated rings. The van der Waals surface area contributed by atoms with E-state index >= 15 is 0 Å². The lowest BCUT2D eigenvalue weighted by Crippen LogP contribution is -2.53. The molecule has 0 spiro atoms. The maximum atomic E-state index is 12.5. The van der Waals surface area contributed by atoms with Crippen LogP contribution in [-0.4, -0.2) is 24.8 Å². The Labute approximate surface area is 95.8 Å². The van der Waals surface area contributed by atoms with E-state index in [0.29, 0.717) is 6.42 Å². The van der Waals surface area contributed by atoms with Crippen LogP contribution in [0.2, 0.25) is 0 Å². The predicted molar refractivity (Wildman–Crippen MR) is 59.5 cm³/mol. The molecule has 0 aromatic carbocycles. The van der Waals surface area contributed by atoms with Gasteiger partial charge in [-0.15, -0.1) is 0 Å². The number of halogens is 2. The first-order valence-corrected chi connectivity index (χ1v) is 5.79. The fourth-order valence-electron chi connectivity index (χ4n) is 2.19. The molecule has 1 aliphatic heterocycles. The molecule has 1 rings (SSSR count). The van der Waals surface area contributed by atoms with Gasteiger partial charge in [0.1, 0.15) is 0 Å². The maximum Gasteiger partial charge on any atom is 0.242 e. The predicted octanol–water partition coefficient (Wildman–Crippen LogP) is 2.48. The van der Waals surface area contributed by atoms with Crippen LogP contribution in [0.4, 0.5) is 8.78 Å². The van der Waals surface area contributed by atoms with Gasteiger partial charge in [-0.1, -0.05) is 27.7 Å². The number of carbonyl (C=O) groups excluding carboxylic acids is 1. The molecule has 94 valence electrons.